The van der Waals surface area contributed by atoms with E-state index in [2.05, 4.69) is 26.1 Å². The molecule has 3 rings (SSSR count). The SMILES string of the molecule is c1cc(C2CCCN(Cc3nccs3)C2)[nH]n1. The molecule has 1 aliphatic heterocycles. The molecule has 4 nitrogen and oxygen atoms in total. The maximum absolute atomic E-state index is 4.35. The van der Waals surface area contributed by atoms with Crippen molar-refractivity contribution in [3.8, 4) is 0 Å². The summed E-state index contributed by atoms with van der Waals surface area (Å²) in [5.41, 5.74) is 1.27. The summed E-state index contributed by atoms with van der Waals surface area (Å²) < 4.78 is 0. The fraction of sp³-hybridized carbons (Fsp3) is 0.500. The smallest absolute Gasteiger partial charge is 0.107 e. The molecule has 0 bridgehead atoms. The largest absolute Gasteiger partial charge is 0.296 e. The van der Waals surface area contributed by atoms with Crippen LogP contribution in [0, 0.1) is 0 Å². The van der Waals surface area contributed by atoms with E-state index in [0.717, 1.165) is 13.1 Å². The predicted molar refractivity (Wildman–Crippen MR) is 68.0 cm³/mol. The van der Waals surface area contributed by atoms with Gasteiger partial charge in [0.2, 0.25) is 0 Å². The number of thiazole rings is 1. The lowest BCUT2D eigenvalue weighted by Crippen LogP contribution is -2.33. The third-order valence-corrected chi connectivity index (χ3v) is 4.07. The van der Waals surface area contributed by atoms with Gasteiger partial charge in [0, 0.05) is 35.9 Å². The summed E-state index contributed by atoms with van der Waals surface area (Å²) >= 11 is 1.74. The van der Waals surface area contributed by atoms with Crippen LogP contribution >= 0.6 is 11.3 Å². The number of aromatic nitrogens is 3. The molecule has 0 saturated carbocycles. The normalized spacial score (nSPS) is 21.8. The number of nitrogens with one attached hydrogen (secondary N) is 1. The molecule has 3 heterocycles. The zero-order chi connectivity index (χ0) is 11.5. The Balaban J connectivity index is 1.64. The molecule has 0 aliphatic carbocycles. The molecular weight excluding hydrogens is 232 g/mol. The zero-order valence-electron chi connectivity index (χ0n) is 9.67. The lowest BCUT2D eigenvalue weighted by Gasteiger charge is -2.31. The van der Waals surface area contributed by atoms with Crippen molar-refractivity contribution in [2.75, 3.05) is 13.1 Å². The molecule has 2 aromatic heterocycles. The third kappa shape index (κ3) is 2.56. The second-order valence-corrected chi connectivity index (χ2v) is 5.49. The summed E-state index contributed by atoms with van der Waals surface area (Å²) in [6.45, 7) is 3.29. The van der Waals surface area contributed by atoms with Gasteiger partial charge in [0.1, 0.15) is 5.01 Å². The van der Waals surface area contributed by atoms with Crippen LogP contribution in [0.25, 0.3) is 0 Å². The van der Waals surface area contributed by atoms with Crippen LogP contribution in [0.1, 0.15) is 29.5 Å². The highest BCUT2D eigenvalue weighted by Crippen LogP contribution is 2.26. The lowest BCUT2D eigenvalue weighted by atomic mass is 9.95. The van der Waals surface area contributed by atoms with Crippen molar-refractivity contribution in [1.29, 1.82) is 0 Å². The average Bonchev–Trinajstić information content (AvgIpc) is 3.01. The number of nitrogens with zero attached hydrogens (tertiary/aromatic N) is 3. The molecule has 1 unspecified atom stereocenters. The summed E-state index contributed by atoms with van der Waals surface area (Å²) in [6, 6.07) is 2.09. The van der Waals surface area contributed by atoms with Gasteiger partial charge >= 0.3 is 0 Å². The van der Waals surface area contributed by atoms with Crippen LogP contribution in [-0.2, 0) is 6.54 Å². The van der Waals surface area contributed by atoms with E-state index in [1.807, 2.05) is 17.8 Å². The van der Waals surface area contributed by atoms with Gasteiger partial charge in [0.05, 0.1) is 6.54 Å². The maximum Gasteiger partial charge on any atom is 0.107 e. The lowest BCUT2D eigenvalue weighted by molar-refractivity contribution is 0.198. The van der Waals surface area contributed by atoms with Gasteiger partial charge in [-0.2, -0.15) is 5.10 Å². The first-order valence-corrected chi connectivity index (χ1v) is 6.90. The van der Waals surface area contributed by atoms with E-state index in [1.54, 1.807) is 11.3 Å². The predicted octanol–water partition coefficient (Wildman–Crippen LogP) is 2.25. The van der Waals surface area contributed by atoms with E-state index < -0.39 is 0 Å². The second kappa shape index (κ2) is 4.98. The van der Waals surface area contributed by atoms with Crippen molar-refractivity contribution in [3.05, 3.63) is 34.5 Å². The van der Waals surface area contributed by atoms with E-state index in [1.165, 1.54) is 30.1 Å². The van der Waals surface area contributed by atoms with Gasteiger partial charge < -0.3 is 0 Å². The summed E-state index contributed by atoms with van der Waals surface area (Å²) in [7, 11) is 0. The third-order valence-electron chi connectivity index (χ3n) is 3.31. The minimum Gasteiger partial charge on any atom is -0.296 e. The minimum atomic E-state index is 0.603. The topological polar surface area (TPSA) is 44.8 Å². The molecule has 0 amide bonds. The molecule has 0 aromatic carbocycles. The minimum absolute atomic E-state index is 0.603. The Hall–Kier alpha value is -1.20. The molecule has 1 fully saturated rings. The fourth-order valence-electron chi connectivity index (χ4n) is 2.47. The Morgan fingerprint density at radius 3 is 3.24 bits per heavy atom. The summed E-state index contributed by atoms with van der Waals surface area (Å²) in [6.07, 6.45) is 6.25. The van der Waals surface area contributed by atoms with Crippen LogP contribution in [-0.4, -0.2) is 33.2 Å². The Bertz CT molecular complexity index is 437. The van der Waals surface area contributed by atoms with Gasteiger partial charge in [-0.3, -0.25) is 10.00 Å². The number of rotatable bonds is 3. The highest BCUT2D eigenvalue weighted by Gasteiger charge is 2.22. The van der Waals surface area contributed by atoms with Crippen molar-refractivity contribution in [2.24, 2.45) is 0 Å². The Morgan fingerprint density at radius 1 is 1.47 bits per heavy atom. The van der Waals surface area contributed by atoms with E-state index in [0.29, 0.717) is 5.92 Å². The molecular formula is C12H16N4S. The van der Waals surface area contributed by atoms with Crippen LogP contribution < -0.4 is 0 Å². The van der Waals surface area contributed by atoms with Crippen molar-refractivity contribution in [1.82, 2.24) is 20.1 Å². The average molecular weight is 248 g/mol. The van der Waals surface area contributed by atoms with Crippen LogP contribution in [0.15, 0.2) is 23.8 Å². The van der Waals surface area contributed by atoms with Crippen LogP contribution in [0.4, 0.5) is 0 Å². The first-order chi connectivity index (χ1) is 8.42. The van der Waals surface area contributed by atoms with Gasteiger partial charge in [0.25, 0.3) is 0 Å². The van der Waals surface area contributed by atoms with Gasteiger partial charge in [-0.1, -0.05) is 0 Å². The monoisotopic (exact) mass is 248 g/mol. The molecule has 5 heteroatoms. The number of H-pyrrole nitrogens is 1. The molecule has 90 valence electrons. The summed E-state index contributed by atoms with van der Waals surface area (Å²) in [5, 5.41) is 10.4. The Morgan fingerprint density at radius 2 is 2.47 bits per heavy atom. The molecule has 0 radical (unpaired) electrons. The van der Waals surface area contributed by atoms with Crippen LogP contribution in [0.2, 0.25) is 0 Å². The van der Waals surface area contributed by atoms with Gasteiger partial charge in [-0.15, -0.1) is 11.3 Å². The van der Waals surface area contributed by atoms with E-state index in [4.69, 9.17) is 0 Å². The van der Waals surface area contributed by atoms with Crippen LogP contribution in [0.5, 0.6) is 0 Å². The molecule has 1 aliphatic rings. The second-order valence-electron chi connectivity index (χ2n) is 4.51. The first kappa shape index (κ1) is 10.9. The molecule has 1 N–H and O–H groups in total. The van der Waals surface area contributed by atoms with Crippen molar-refractivity contribution in [2.45, 2.75) is 25.3 Å². The quantitative estimate of drug-likeness (QED) is 0.906. The highest BCUT2D eigenvalue weighted by atomic mass is 32.1. The number of piperidine rings is 1. The molecule has 17 heavy (non-hydrogen) atoms. The van der Waals surface area contributed by atoms with Gasteiger partial charge in [-0.05, 0) is 25.5 Å². The van der Waals surface area contributed by atoms with Gasteiger partial charge in [-0.25, -0.2) is 4.98 Å². The number of aromatic amines is 1. The molecule has 1 saturated heterocycles. The molecule has 1 atom stereocenters. The van der Waals surface area contributed by atoms with E-state index in [-0.39, 0.29) is 0 Å². The zero-order valence-corrected chi connectivity index (χ0v) is 10.5. The summed E-state index contributed by atoms with van der Waals surface area (Å²) in [5.74, 6) is 0.603. The summed E-state index contributed by atoms with van der Waals surface area (Å²) in [4.78, 5) is 6.85. The van der Waals surface area contributed by atoms with E-state index in [9.17, 15) is 0 Å². The number of hydrogen-bond donors (Lipinski definition) is 1. The Labute approximate surface area is 105 Å². The fourth-order valence-corrected chi connectivity index (χ4v) is 3.13. The standard InChI is InChI=1S/C12H16N4S/c1-2-10(11-3-4-14-15-11)8-16(6-1)9-12-13-5-7-17-12/h3-5,7,10H,1-2,6,8-9H2,(H,14,15). The number of likely N-dealkylation sites (tertiary alicyclic amines) is 1. The van der Waals surface area contributed by atoms with Crippen molar-refractivity contribution >= 4 is 11.3 Å². The Kier molecular flexibility index (Phi) is 3.20. The first-order valence-electron chi connectivity index (χ1n) is 6.02. The highest BCUT2D eigenvalue weighted by molar-refractivity contribution is 7.09. The number of hydrogen-bond acceptors (Lipinski definition) is 4. The van der Waals surface area contributed by atoms with Crippen LogP contribution in [0.3, 0.4) is 0 Å². The maximum atomic E-state index is 4.35. The molecule has 0 spiro atoms. The van der Waals surface area contributed by atoms with E-state index >= 15 is 0 Å². The van der Waals surface area contributed by atoms with Crippen molar-refractivity contribution < 1.29 is 0 Å². The van der Waals surface area contributed by atoms with Gasteiger partial charge in [0.15, 0.2) is 0 Å². The molecule has 2 aromatic rings. The van der Waals surface area contributed by atoms with Crippen molar-refractivity contribution in [3.63, 3.8) is 0 Å².